The standard InChI is InChI=1S/C21H28FN5O3/c1-2-27-20(23-15-24-27)12-25-9-7-17(8-10-25)26-11-19(30-14-21(26)28)13-29-18-5-3-16(22)4-6-18/h3-6,15,17,19H,2,7-14H2,1H3. The molecule has 2 fully saturated rings. The third-order valence-electron chi connectivity index (χ3n) is 5.77. The monoisotopic (exact) mass is 417 g/mol. The Morgan fingerprint density at radius 3 is 2.73 bits per heavy atom. The zero-order chi connectivity index (χ0) is 20.9. The van der Waals surface area contributed by atoms with Gasteiger partial charge in [0.1, 0.15) is 43.0 Å². The molecule has 1 atom stereocenters. The van der Waals surface area contributed by atoms with Crippen LogP contribution in [0, 0.1) is 5.82 Å². The molecule has 9 heteroatoms. The maximum atomic E-state index is 13.0. The second kappa shape index (κ2) is 9.53. The number of amides is 1. The maximum Gasteiger partial charge on any atom is 0.248 e. The fourth-order valence-corrected chi connectivity index (χ4v) is 4.08. The van der Waals surface area contributed by atoms with Crippen LogP contribution in [0.5, 0.6) is 5.75 Å². The highest BCUT2D eigenvalue weighted by Crippen LogP contribution is 2.22. The van der Waals surface area contributed by atoms with Gasteiger partial charge in [0, 0.05) is 25.7 Å². The molecule has 1 aromatic heterocycles. The van der Waals surface area contributed by atoms with Crippen LogP contribution in [-0.2, 0) is 22.6 Å². The summed E-state index contributed by atoms with van der Waals surface area (Å²) >= 11 is 0. The molecule has 0 aliphatic carbocycles. The van der Waals surface area contributed by atoms with Crippen molar-refractivity contribution in [2.75, 3.05) is 32.8 Å². The highest BCUT2D eigenvalue weighted by molar-refractivity contribution is 5.78. The number of benzene rings is 1. The van der Waals surface area contributed by atoms with Crippen molar-refractivity contribution in [3.05, 3.63) is 42.2 Å². The average molecular weight is 417 g/mol. The van der Waals surface area contributed by atoms with Gasteiger partial charge in [0.15, 0.2) is 0 Å². The average Bonchev–Trinajstić information content (AvgIpc) is 3.22. The number of carbonyl (C=O) groups is 1. The molecule has 2 saturated heterocycles. The van der Waals surface area contributed by atoms with E-state index in [0.29, 0.717) is 18.9 Å². The van der Waals surface area contributed by atoms with Crippen molar-refractivity contribution >= 4 is 5.91 Å². The minimum atomic E-state index is -0.297. The van der Waals surface area contributed by atoms with Gasteiger partial charge < -0.3 is 14.4 Å². The Labute approximate surface area is 175 Å². The van der Waals surface area contributed by atoms with Crippen LogP contribution in [0.1, 0.15) is 25.6 Å². The number of rotatable bonds is 7. The Morgan fingerprint density at radius 1 is 1.23 bits per heavy atom. The SMILES string of the molecule is CCn1ncnc1CN1CCC(N2CC(COc3ccc(F)cc3)OCC2=O)CC1. The summed E-state index contributed by atoms with van der Waals surface area (Å²) in [4.78, 5) is 21.1. The molecule has 0 spiro atoms. The zero-order valence-corrected chi connectivity index (χ0v) is 17.2. The molecule has 1 unspecified atom stereocenters. The highest BCUT2D eigenvalue weighted by Gasteiger charge is 2.34. The second-order valence-corrected chi connectivity index (χ2v) is 7.74. The molecule has 4 rings (SSSR count). The van der Waals surface area contributed by atoms with Gasteiger partial charge >= 0.3 is 0 Å². The Morgan fingerprint density at radius 2 is 2.00 bits per heavy atom. The van der Waals surface area contributed by atoms with Crippen molar-refractivity contribution in [1.29, 1.82) is 0 Å². The summed E-state index contributed by atoms with van der Waals surface area (Å²) in [6.45, 7) is 6.43. The number of likely N-dealkylation sites (tertiary alicyclic amines) is 1. The molecule has 0 N–H and O–H groups in total. The zero-order valence-electron chi connectivity index (χ0n) is 17.2. The van der Waals surface area contributed by atoms with Gasteiger partial charge in [-0.2, -0.15) is 5.10 Å². The van der Waals surface area contributed by atoms with Crippen LogP contribution in [0.3, 0.4) is 0 Å². The van der Waals surface area contributed by atoms with Gasteiger partial charge in [0.05, 0.1) is 13.1 Å². The molecule has 1 aromatic carbocycles. The lowest BCUT2D eigenvalue weighted by Crippen LogP contribution is -2.55. The number of morpholine rings is 1. The molecule has 2 aliphatic heterocycles. The van der Waals surface area contributed by atoms with Crippen LogP contribution >= 0.6 is 0 Å². The van der Waals surface area contributed by atoms with E-state index in [0.717, 1.165) is 44.8 Å². The lowest BCUT2D eigenvalue weighted by atomic mass is 10.0. The number of nitrogens with zero attached hydrogens (tertiary/aromatic N) is 5. The van der Waals surface area contributed by atoms with Crippen LogP contribution in [0.15, 0.2) is 30.6 Å². The lowest BCUT2D eigenvalue weighted by Gasteiger charge is -2.42. The Kier molecular flexibility index (Phi) is 6.59. The molecule has 0 bridgehead atoms. The highest BCUT2D eigenvalue weighted by atomic mass is 19.1. The van der Waals surface area contributed by atoms with E-state index < -0.39 is 0 Å². The quantitative estimate of drug-likeness (QED) is 0.683. The van der Waals surface area contributed by atoms with Gasteiger partial charge in [-0.3, -0.25) is 9.69 Å². The van der Waals surface area contributed by atoms with E-state index >= 15 is 0 Å². The Hall–Kier alpha value is -2.52. The van der Waals surface area contributed by atoms with Crippen molar-refractivity contribution in [2.24, 2.45) is 0 Å². The van der Waals surface area contributed by atoms with Gasteiger partial charge in [-0.05, 0) is 44.0 Å². The first kappa shape index (κ1) is 20.7. The molecule has 3 heterocycles. The van der Waals surface area contributed by atoms with Crippen molar-refractivity contribution in [3.63, 3.8) is 0 Å². The van der Waals surface area contributed by atoms with E-state index in [2.05, 4.69) is 21.9 Å². The number of aromatic nitrogens is 3. The summed E-state index contributed by atoms with van der Waals surface area (Å²) in [5.41, 5.74) is 0. The number of carbonyl (C=O) groups excluding carboxylic acids is 1. The summed E-state index contributed by atoms with van der Waals surface area (Å²) in [6, 6.07) is 6.13. The maximum absolute atomic E-state index is 13.0. The summed E-state index contributed by atoms with van der Waals surface area (Å²) < 4.78 is 26.3. The van der Waals surface area contributed by atoms with Crippen molar-refractivity contribution < 1.29 is 18.7 Å². The van der Waals surface area contributed by atoms with Crippen LogP contribution in [0.4, 0.5) is 4.39 Å². The van der Waals surface area contributed by atoms with Gasteiger partial charge in [-0.1, -0.05) is 0 Å². The molecule has 1 amide bonds. The summed E-state index contributed by atoms with van der Waals surface area (Å²) in [7, 11) is 0. The molecule has 8 nitrogen and oxygen atoms in total. The van der Waals surface area contributed by atoms with Crippen LogP contribution < -0.4 is 4.74 Å². The number of hydrogen-bond donors (Lipinski definition) is 0. The molecule has 2 aliphatic rings. The van der Waals surface area contributed by atoms with Crippen molar-refractivity contribution in [2.45, 2.75) is 45.0 Å². The van der Waals surface area contributed by atoms with E-state index in [1.807, 2.05) is 9.58 Å². The van der Waals surface area contributed by atoms with E-state index in [1.165, 1.54) is 12.1 Å². The number of aryl methyl sites for hydroxylation is 1. The molecule has 30 heavy (non-hydrogen) atoms. The molecule has 0 radical (unpaired) electrons. The fourth-order valence-electron chi connectivity index (χ4n) is 4.08. The van der Waals surface area contributed by atoms with Crippen molar-refractivity contribution in [1.82, 2.24) is 24.6 Å². The van der Waals surface area contributed by atoms with E-state index in [4.69, 9.17) is 9.47 Å². The van der Waals surface area contributed by atoms with Crippen LogP contribution in [-0.4, -0.2) is 75.5 Å². The van der Waals surface area contributed by atoms with Gasteiger partial charge in [-0.25, -0.2) is 14.1 Å². The van der Waals surface area contributed by atoms with Gasteiger partial charge in [0.2, 0.25) is 5.91 Å². The predicted octanol–water partition coefficient (Wildman–Crippen LogP) is 1.71. The molecule has 2 aromatic rings. The van der Waals surface area contributed by atoms with Crippen LogP contribution in [0.25, 0.3) is 0 Å². The number of piperidine rings is 1. The second-order valence-electron chi connectivity index (χ2n) is 7.74. The topological polar surface area (TPSA) is 72.7 Å². The minimum Gasteiger partial charge on any atom is -0.491 e. The smallest absolute Gasteiger partial charge is 0.248 e. The third-order valence-corrected chi connectivity index (χ3v) is 5.77. The molecule has 162 valence electrons. The first-order valence-corrected chi connectivity index (χ1v) is 10.5. The number of ether oxygens (including phenoxy) is 2. The normalized spacial score (nSPS) is 21.2. The lowest BCUT2D eigenvalue weighted by molar-refractivity contribution is -0.155. The van der Waals surface area contributed by atoms with Gasteiger partial charge in [-0.15, -0.1) is 0 Å². The molecular weight excluding hydrogens is 389 g/mol. The number of halogens is 1. The Balaban J connectivity index is 1.27. The summed E-state index contributed by atoms with van der Waals surface area (Å²) in [6.07, 6.45) is 3.27. The fraction of sp³-hybridized carbons (Fsp3) is 0.571. The van der Waals surface area contributed by atoms with Gasteiger partial charge in [0.25, 0.3) is 0 Å². The summed E-state index contributed by atoms with van der Waals surface area (Å²) in [5.74, 6) is 1.32. The summed E-state index contributed by atoms with van der Waals surface area (Å²) in [5, 5.41) is 4.23. The molecular formula is C21H28FN5O3. The van der Waals surface area contributed by atoms with E-state index in [1.54, 1.807) is 18.5 Å². The predicted molar refractivity (Wildman–Crippen MR) is 107 cm³/mol. The van der Waals surface area contributed by atoms with E-state index in [-0.39, 0.29) is 30.5 Å². The first-order valence-electron chi connectivity index (χ1n) is 10.5. The van der Waals surface area contributed by atoms with Crippen molar-refractivity contribution in [3.8, 4) is 5.75 Å². The molecule has 0 saturated carbocycles. The third kappa shape index (κ3) is 4.96. The van der Waals surface area contributed by atoms with Crippen LogP contribution in [0.2, 0.25) is 0 Å². The minimum absolute atomic E-state index is 0.0391. The Bertz CT molecular complexity index is 835. The van der Waals surface area contributed by atoms with E-state index in [9.17, 15) is 9.18 Å². The first-order chi connectivity index (χ1) is 14.6. The largest absolute Gasteiger partial charge is 0.491 e. The number of hydrogen-bond acceptors (Lipinski definition) is 6.